The number of nitriles is 1. The zero-order chi connectivity index (χ0) is 13.8. The molecule has 1 aromatic rings. The van der Waals surface area contributed by atoms with Gasteiger partial charge in [-0.25, -0.2) is 4.79 Å². The lowest BCUT2D eigenvalue weighted by Crippen LogP contribution is -2.18. The Bertz CT molecular complexity index is 529. The van der Waals surface area contributed by atoms with Gasteiger partial charge in [0.1, 0.15) is 17.4 Å². The Balaban J connectivity index is 3.19. The molecule has 0 aromatic heterocycles. The third-order valence-electron chi connectivity index (χ3n) is 1.80. The molecule has 0 saturated heterocycles. The Kier molecular flexibility index (Phi) is 3.94. The maximum Gasteiger partial charge on any atom is 0.573 e. The van der Waals surface area contributed by atoms with E-state index in [1.807, 2.05) is 0 Å². The first-order chi connectivity index (χ1) is 8.33. The monoisotopic (exact) mass is 257 g/mol. The normalized spacial score (nSPS) is 11.2. The molecule has 0 unspecified atom stereocenters. The second-order valence-corrected chi connectivity index (χ2v) is 3.05. The number of benzene rings is 1. The van der Waals surface area contributed by atoms with Crippen LogP contribution in [0.15, 0.2) is 24.3 Å². The van der Waals surface area contributed by atoms with E-state index in [9.17, 15) is 18.0 Å². The van der Waals surface area contributed by atoms with Crippen molar-refractivity contribution in [3.05, 3.63) is 35.4 Å². The Morgan fingerprint density at radius 2 is 2.11 bits per heavy atom. The third kappa shape index (κ3) is 3.83. The molecule has 0 aliphatic carbocycles. The molecular weight excluding hydrogens is 251 g/mol. The quantitative estimate of drug-likeness (QED) is 0.845. The Hall–Kier alpha value is -2.49. The van der Waals surface area contributed by atoms with Crippen LogP contribution in [0.4, 0.5) is 13.2 Å². The topological polar surface area (TPSA) is 70.3 Å². The molecule has 4 nitrogen and oxygen atoms in total. The van der Waals surface area contributed by atoms with E-state index in [-0.39, 0.29) is 11.1 Å². The van der Waals surface area contributed by atoms with Gasteiger partial charge in [0.15, 0.2) is 0 Å². The van der Waals surface area contributed by atoms with E-state index >= 15 is 0 Å². The van der Waals surface area contributed by atoms with Gasteiger partial charge >= 0.3 is 12.3 Å². The van der Waals surface area contributed by atoms with Crippen LogP contribution in [-0.4, -0.2) is 17.4 Å². The van der Waals surface area contributed by atoms with Crippen LogP contribution in [0.25, 0.3) is 6.08 Å². The highest BCUT2D eigenvalue weighted by atomic mass is 19.4. The predicted octanol–water partition coefficient (Wildman–Crippen LogP) is 2.55. The van der Waals surface area contributed by atoms with Crippen LogP contribution in [0.5, 0.6) is 5.75 Å². The molecule has 0 radical (unpaired) electrons. The van der Waals surface area contributed by atoms with Crippen LogP contribution in [-0.2, 0) is 4.79 Å². The fourth-order valence-corrected chi connectivity index (χ4v) is 1.18. The molecule has 0 aliphatic heterocycles. The SMILES string of the molecule is N#Cc1c(C=CC(=O)O)cccc1OC(F)(F)F. The second-order valence-electron chi connectivity index (χ2n) is 3.05. The number of nitrogens with zero attached hydrogens (tertiary/aromatic N) is 1. The molecule has 1 rings (SSSR count). The van der Waals surface area contributed by atoms with Crippen molar-refractivity contribution in [2.24, 2.45) is 0 Å². The van der Waals surface area contributed by atoms with Gasteiger partial charge < -0.3 is 9.84 Å². The maximum absolute atomic E-state index is 12.1. The number of halogens is 3. The second kappa shape index (κ2) is 5.23. The van der Waals surface area contributed by atoms with Gasteiger partial charge in [-0.1, -0.05) is 12.1 Å². The first kappa shape index (κ1) is 13.6. The molecule has 0 spiro atoms. The van der Waals surface area contributed by atoms with Crippen molar-refractivity contribution < 1.29 is 27.8 Å². The van der Waals surface area contributed by atoms with E-state index in [0.29, 0.717) is 6.08 Å². The first-order valence-electron chi connectivity index (χ1n) is 4.53. The predicted molar refractivity (Wildman–Crippen MR) is 54.5 cm³/mol. The molecule has 1 N–H and O–H groups in total. The summed E-state index contributed by atoms with van der Waals surface area (Å²) in [5, 5.41) is 17.2. The van der Waals surface area contributed by atoms with Crippen LogP contribution in [0, 0.1) is 11.3 Å². The number of hydrogen-bond donors (Lipinski definition) is 1. The van der Waals surface area contributed by atoms with Crippen LogP contribution < -0.4 is 4.74 Å². The van der Waals surface area contributed by atoms with Crippen LogP contribution in [0.3, 0.4) is 0 Å². The summed E-state index contributed by atoms with van der Waals surface area (Å²) in [5.74, 6) is -1.95. The molecule has 94 valence electrons. The molecule has 0 saturated carbocycles. The molecule has 0 amide bonds. The highest BCUT2D eigenvalue weighted by Crippen LogP contribution is 2.28. The molecule has 0 heterocycles. The summed E-state index contributed by atoms with van der Waals surface area (Å²) in [4.78, 5) is 10.3. The molecular formula is C11H6F3NO3. The zero-order valence-electron chi connectivity index (χ0n) is 8.73. The van der Waals surface area contributed by atoms with E-state index in [1.165, 1.54) is 12.1 Å². The Labute approximate surface area is 99.5 Å². The summed E-state index contributed by atoms with van der Waals surface area (Å²) in [6.45, 7) is 0. The first-order valence-corrected chi connectivity index (χ1v) is 4.53. The van der Waals surface area contributed by atoms with Crippen molar-refractivity contribution in [3.63, 3.8) is 0 Å². The number of carbonyl (C=O) groups is 1. The summed E-state index contributed by atoms with van der Waals surface area (Å²) in [7, 11) is 0. The Morgan fingerprint density at radius 1 is 1.44 bits per heavy atom. The van der Waals surface area contributed by atoms with Gasteiger partial charge in [-0.3, -0.25) is 0 Å². The van der Waals surface area contributed by atoms with Crippen molar-refractivity contribution in [1.29, 1.82) is 5.26 Å². The summed E-state index contributed by atoms with van der Waals surface area (Å²) in [5.41, 5.74) is -0.353. The fraction of sp³-hybridized carbons (Fsp3) is 0.0909. The Morgan fingerprint density at radius 3 is 2.61 bits per heavy atom. The summed E-state index contributed by atoms with van der Waals surface area (Å²) >= 11 is 0. The number of alkyl halides is 3. The molecule has 0 bridgehead atoms. The zero-order valence-corrected chi connectivity index (χ0v) is 8.73. The molecule has 18 heavy (non-hydrogen) atoms. The highest BCUT2D eigenvalue weighted by Gasteiger charge is 2.32. The lowest BCUT2D eigenvalue weighted by molar-refractivity contribution is -0.274. The molecule has 0 atom stereocenters. The van der Waals surface area contributed by atoms with Gasteiger partial charge in [-0.15, -0.1) is 13.2 Å². The fourth-order valence-electron chi connectivity index (χ4n) is 1.18. The summed E-state index contributed by atoms with van der Waals surface area (Å²) in [6, 6.07) is 5.05. The number of ether oxygens (including phenoxy) is 1. The van der Waals surface area contributed by atoms with E-state index in [1.54, 1.807) is 6.07 Å². The summed E-state index contributed by atoms with van der Waals surface area (Å²) < 4.78 is 39.8. The number of carboxylic acid groups (broad SMARTS) is 1. The minimum atomic E-state index is -4.92. The van der Waals surface area contributed by atoms with Gasteiger partial charge in [-0.2, -0.15) is 5.26 Å². The number of aliphatic carboxylic acids is 1. The van der Waals surface area contributed by atoms with E-state index in [4.69, 9.17) is 10.4 Å². The minimum Gasteiger partial charge on any atom is -0.478 e. The molecule has 0 aliphatic rings. The van der Waals surface area contributed by atoms with Gasteiger partial charge in [-0.05, 0) is 17.7 Å². The van der Waals surface area contributed by atoms with E-state index in [0.717, 1.165) is 12.1 Å². The number of hydrogen-bond acceptors (Lipinski definition) is 3. The highest BCUT2D eigenvalue weighted by molar-refractivity contribution is 5.86. The number of carboxylic acids is 1. The average molecular weight is 257 g/mol. The molecule has 7 heteroatoms. The lowest BCUT2D eigenvalue weighted by atomic mass is 10.1. The van der Waals surface area contributed by atoms with Gasteiger partial charge in [0, 0.05) is 6.08 Å². The lowest BCUT2D eigenvalue weighted by Gasteiger charge is -2.11. The van der Waals surface area contributed by atoms with Crippen LogP contribution >= 0.6 is 0 Å². The largest absolute Gasteiger partial charge is 0.573 e. The van der Waals surface area contributed by atoms with Gasteiger partial charge in [0.2, 0.25) is 0 Å². The van der Waals surface area contributed by atoms with Crippen molar-refractivity contribution in [3.8, 4) is 11.8 Å². The van der Waals surface area contributed by atoms with E-state index in [2.05, 4.69) is 4.74 Å². The third-order valence-corrected chi connectivity index (χ3v) is 1.80. The molecule has 1 aromatic carbocycles. The molecule has 0 fully saturated rings. The van der Waals surface area contributed by atoms with Crippen molar-refractivity contribution in [2.45, 2.75) is 6.36 Å². The van der Waals surface area contributed by atoms with Gasteiger partial charge in [0.25, 0.3) is 0 Å². The van der Waals surface area contributed by atoms with Crippen LogP contribution in [0.1, 0.15) is 11.1 Å². The standard InChI is InChI=1S/C11H6F3NO3/c12-11(13,14)18-9-3-1-2-7(8(9)6-15)4-5-10(16)17/h1-5H,(H,16,17). The van der Waals surface area contributed by atoms with Gasteiger partial charge in [0.05, 0.1) is 0 Å². The number of rotatable bonds is 3. The van der Waals surface area contributed by atoms with Crippen LogP contribution in [0.2, 0.25) is 0 Å². The smallest absolute Gasteiger partial charge is 0.478 e. The van der Waals surface area contributed by atoms with E-state index < -0.39 is 18.1 Å². The van der Waals surface area contributed by atoms with Crippen molar-refractivity contribution >= 4 is 12.0 Å². The maximum atomic E-state index is 12.1. The summed E-state index contributed by atoms with van der Waals surface area (Å²) in [6.07, 6.45) is -3.18. The van der Waals surface area contributed by atoms with Crippen molar-refractivity contribution in [1.82, 2.24) is 0 Å². The van der Waals surface area contributed by atoms with Crippen molar-refractivity contribution in [2.75, 3.05) is 0 Å². The minimum absolute atomic E-state index is 0.0293. The average Bonchev–Trinajstić information content (AvgIpc) is 2.24.